The first-order chi connectivity index (χ1) is 17.6. The summed E-state index contributed by atoms with van der Waals surface area (Å²) in [7, 11) is 6.75. The smallest absolute Gasteiger partial charge is 0.281 e. The highest BCUT2D eigenvalue weighted by Crippen LogP contribution is 2.35. The van der Waals surface area contributed by atoms with E-state index in [4.69, 9.17) is 0 Å². The highest BCUT2D eigenvalue weighted by molar-refractivity contribution is 8.13. The third kappa shape index (κ3) is 11.7. The number of thioether (sulfide) groups is 1. The Morgan fingerprint density at radius 3 is 2.24 bits per heavy atom. The zero-order valence-corrected chi connectivity index (χ0v) is 25.6. The average molecular weight is 574 g/mol. The van der Waals surface area contributed by atoms with E-state index in [0.29, 0.717) is 44.4 Å². The third-order valence-corrected chi connectivity index (χ3v) is 8.50. The van der Waals surface area contributed by atoms with Crippen LogP contribution in [0.5, 0.6) is 0 Å². The lowest BCUT2D eigenvalue weighted by atomic mass is 9.80. The molecule has 1 saturated heterocycles. The van der Waals surface area contributed by atoms with Gasteiger partial charge in [-0.05, 0) is 26.6 Å². The fraction of sp³-hybridized carbons (Fsp3) is 0.760. The Bertz CT molecular complexity index is 879. The highest BCUT2D eigenvalue weighted by atomic mass is 32.2. The van der Waals surface area contributed by atoms with E-state index in [1.807, 2.05) is 20.8 Å². The fourth-order valence-corrected chi connectivity index (χ4v) is 5.23. The number of likely N-dealkylation sites (tertiary alicyclic amines) is 1. The van der Waals surface area contributed by atoms with Gasteiger partial charge in [-0.2, -0.15) is 0 Å². The van der Waals surface area contributed by atoms with E-state index in [0.717, 1.165) is 11.8 Å². The summed E-state index contributed by atoms with van der Waals surface area (Å²) in [4.78, 5) is 78.9. The van der Waals surface area contributed by atoms with Crippen molar-refractivity contribution < 1.29 is 28.8 Å². The molecule has 13 heteroatoms. The number of hydrogen-bond acceptors (Lipinski definition) is 7. The minimum absolute atomic E-state index is 0.0223. The second-order valence-corrected chi connectivity index (χ2v) is 13.0. The van der Waals surface area contributed by atoms with Crippen LogP contribution >= 0.6 is 20.3 Å². The number of carbonyl (C=O) groups excluding carboxylic acids is 6. The molecule has 0 spiro atoms. The van der Waals surface area contributed by atoms with E-state index in [2.05, 4.69) is 5.32 Å². The second kappa shape index (κ2) is 16.0. The third-order valence-electron chi connectivity index (χ3n) is 6.26. The molecule has 0 saturated carbocycles. The van der Waals surface area contributed by atoms with Gasteiger partial charge in [-0.3, -0.25) is 33.7 Å². The summed E-state index contributed by atoms with van der Waals surface area (Å²) in [6, 6.07) is 0. The van der Waals surface area contributed by atoms with E-state index in [9.17, 15) is 28.8 Å². The molecular formula is C25H44N5O6PS. The number of nitrogens with one attached hydrogen (secondary N) is 1. The molecule has 0 radical (unpaired) electrons. The maximum absolute atomic E-state index is 12.5. The molecule has 1 aliphatic heterocycles. The van der Waals surface area contributed by atoms with E-state index < -0.39 is 0 Å². The van der Waals surface area contributed by atoms with Crippen LogP contribution in [0, 0.1) is 11.3 Å². The molecule has 1 fully saturated rings. The molecule has 0 aromatic heterocycles. The molecule has 1 heterocycles. The van der Waals surface area contributed by atoms with Crippen molar-refractivity contribution in [3.8, 4) is 0 Å². The summed E-state index contributed by atoms with van der Waals surface area (Å²) < 4.78 is 0. The molecule has 0 aliphatic carbocycles. The molecule has 2 atom stereocenters. The van der Waals surface area contributed by atoms with Gasteiger partial charge in [0.05, 0.1) is 5.92 Å². The van der Waals surface area contributed by atoms with Crippen molar-refractivity contribution >= 4 is 54.9 Å². The molecule has 216 valence electrons. The van der Waals surface area contributed by atoms with Gasteiger partial charge >= 0.3 is 0 Å². The van der Waals surface area contributed by atoms with E-state index in [1.54, 1.807) is 38.0 Å². The van der Waals surface area contributed by atoms with Crippen molar-refractivity contribution in [1.29, 1.82) is 0 Å². The van der Waals surface area contributed by atoms with Crippen LogP contribution < -0.4 is 5.32 Å². The van der Waals surface area contributed by atoms with Crippen molar-refractivity contribution in [2.75, 3.05) is 66.3 Å². The van der Waals surface area contributed by atoms with Gasteiger partial charge in [0.2, 0.25) is 29.3 Å². The highest BCUT2D eigenvalue weighted by Gasteiger charge is 2.44. The minimum Gasteiger partial charge on any atom is -0.356 e. The van der Waals surface area contributed by atoms with Gasteiger partial charge in [-0.1, -0.05) is 32.5 Å². The molecule has 1 aliphatic rings. The Balaban J connectivity index is 2.21. The Hall–Kier alpha value is -2.20. The van der Waals surface area contributed by atoms with E-state index in [1.165, 1.54) is 9.80 Å². The fourth-order valence-electron chi connectivity index (χ4n) is 3.61. The Kier molecular flexibility index (Phi) is 14.3. The normalized spacial score (nSPS) is 15.8. The van der Waals surface area contributed by atoms with Gasteiger partial charge in [-0.15, -0.1) is 0 Å². The van der Waals surface area contributed by atoms with Gasteiger partial charge in [0.15, 0.2) is 0 Å². The van der Waals surface area contributed by atoms with Gasteiger partial charge in [0.25, 0.3) is 5.24 Å². The summed E-state index contributed by atoms with van der Waals surface area (Å²) in [6.45, 7) is 6.97. The topological polar surface area (TPSA) is 127 Å². The lowest BCUT2D eigenvalue weighted by Gasteiger charge is -2.24. The van der Waals surface area contributed by atoms with Crippen molar-refractivity contribution in [3.63, 3.8) is 0 Å². The summed E-state index contributed by atoms with van der Waals surface area (Å²) in [5, 5.41) is 2.65. The van der Waals surface area contributed by atoms with E-state index >= 15 is 0 Å². The summed E-state index contributed by atoms with van der Waals surface area (Å²) in [6.07, 6.45) is 1.74. The lowest BCUT2D eigenvalue weighted by molar-refractivity contribution is -0.140. The Labute approximate surface area is 232 Å². The first-order valence-electron chi connectivity index (χ1n) is 12.8. The van der Waals surface area contributed by atoms with Gasteiger partial charge < -0.3 is 20.0 Å². The molecule has 0 aromatic rings. The van der Waals surface area contributed by atoms with Crippen LogP contribution in [0.4, 0.5) is 9.59 Å². The molecule has 38 heavy (non-hydrogen) atoms. The largest absolute Gasteiger partial charge is 0.356 e. The molecule has 0 aromatic carbocycles. The van der Waals surface area contributed by atoms with Crippen molar-refractivity contribution in [2.24, 2.45) is 11.3 Å². The molecule has 0 bridgehead atoms. The Morgan fingerprint density at radius 1 is 1.03 bits per heavy atom. The summed E-state index contributed by atoms with van der Waals surface area (Å²) in [5.74, 6) is -0.473. The molecule has 11 nitrogen and oxygen atoms in total. The predicted octanol–water partition coefficient (Wildman–Crippen LogP) is 2.30. The SMILES string of the molecule is CN(C)C(=O)CCCSC(=O)N(C)CCN(C)C(=O)PCCNC(=O)CCN1C(=O)CC(C(C)(C)C)C1=O. The number of carbonyl (C=O) groups is 6. The summed E-state index contributed by atoms with van der Waals surface area (Å²) in [5.41, 5.74) is -0.362. The average Bonchev–Trinajstić information content (AvgIpc) is 3.14. The molecule has 1 N–H and O–H groups in total. The van der Waals surface area contributed by atoms with E-state index in [-0.39, 0.29) is 73.8 Å². The van der Waals surface area contributed by atoms with Gasteiger partial charge in [0.1, 0.15) is 0 Å². The van der Waals surface area contributed by atoms with Crippen molar-refractivity contribution in [1.82, 2.24) is 24.9 Å². The van der Waals surface area contributed by atoms with Crippen LogP contribution in [0.25, 0.3) is 0 Å². The van der Waals surface area contributed by atoms with Crippen LogP contribution in [0.15, 0.2) is 0 Å². The lowest BCUT2D eigenvalue weighted by Crippen LogP contribution is -2.37. The van der Waals surface area contributed by atoms with Crippen LogP contribution in [-0.2, 0) is 19.2 Å². The number of imide groups is 1. The number of nitrogens with zero attached hydrogens (tertiary/aromatic N) is 4. The van der Waals surface area contributed by atoms with Crippen molar-refractivity contribution in [2.45, 2.75) is 46.5 Å². The molecule has 2 unspecified atom stereocenters. The second-order valence-electron chi connectivity index (χ2n) is 10.7. The van der Waals surface area contributed by atoms with Crippen LogP contribution in [-0.4, -0.2) is 120 Å². The quantitative estimate of drug-likeness (QED) is 0.192. The number of rotatable bonds is 14. The predicted molar refractivity (Wildman–Crippen MR) is 152 cm³/mol. The van der Waals surface area contributed by atoms with Gasteiger partial charge in [-0.25, -0.2) is 0 Å². The maximum atomic E-state index is 12.5. The van der Waals surface area contributed by atoms with Crippen LogP contribution in [0.1, 0.15) is 46.5 Å². The number of likely N-dealkylation sites (N-methyl/N-ethyl adjacent to an activating group) is 2. The van der Waals surface area contributed by atoms with Crippen LogP contribution in [0.2, 0.25) is 0 Å². The number of hydrogen-bond donors (Lipinski definition) is 1. The molecular weight excluding hydrogens is 529 g/mol. The summed E-state index contributed by atoms with van der Waals surface area (Å²) >= 11 is 1.16. The first-order valence-corrected chi connectivity index (χ1v) is 15.0. The van der Waals surface area contributed by atoms with Crippen molar-refractivity contribution in [3.05, 3.63) is 0 Å². The molecule has 1 rings (SSSR count). The zero-order valence-electron chi connectivity index (χ0n) is 23.8. The first kappa shape index (κ1) is 33.8. The number of amides is 6. The Morgan fingerprint density at radius 2 is 1.66 bits per heavy atom. The monoisotopic (exact) mass is 573 g/mol. The maximum Gasteiger partial charge on any atom is 0.281 e. The van der Waals surface area contributed by atoms with Gasteiger partial charge in [0, 0.05) is 79.4 Å². The van der Waals surface area contributed by atoms with Crippen LogP contribution in [0.3, 0.4) is 0 Å². The molecule has 6 amide bonds. The zero-order chi connectivity index (χ0) is 29.0. The minimum atomic E-state index is -0.357. The standard InChI is InChI=1S/C25H44N5O6PS/c1-25(2,3)18-17-21(33)30(22(18)34)12-10-19(31)26-11-15-37-23(35)28(6)13-14-29(7)24(36)38-16-8-9-20(32)27(4)5/h18,37H,8-17H2,1-7H3,(H,26,31).